The Morgan fingerprint density at radius 1 is 1.30 bits per heavy atom. The van der Waals surface area contributed by atoms with Crippen LogP contribution in [0.25, 0.3) is 0 Å². The minimum absolute atomic E-state index is 0.138. The Bertz CT molecular complexity index is 523. The Morgan fingerprint density at radius 2 is 2.05 bits per heavy atom. The van der Waals surface area contributed by atoms with Crippen molar-refractivity contribution in [2.24, 2.45) is 0 Å². The molecule has 1 aromatic carbocycles. The van der Waals surface area contributed by atoms with Crippen LogP contribution < -0.4 is 0 Å². The van der Waals surface area contributed by atoms with Crippen molar-refractivity contribution in [2.75, 3.05) is 6.54 Å². The maximum Gasteiger partial charge on any atom is 0.192 e. The molecule has 4 heteroatoms. The number of hydrogen-bond donors (Lipinski definition) is 0. The summed E-state index contributed by atoms with van der Waals surface area (Å²) < 4.78 is 0. The predicted octanol–water partition coefficient (Wildman–Crippen LogP) is 3.63. The average Bonchev–Trinajstić information content (AvgIpc) is 2.98. The van der Waals surface area contributed by atoms with E-state index in [4.69, 9.17) is 0 Å². The third-order valence-corrected chi connectivity index (χ3v) is 4.07. The number of benzene rings is 1. The maximum atomic E-state index is 12.0. The standard InChI is InChI=1S/C16H20N2OS/c1-13(2)18(12-14-6-4-3-5-7-14)10-8-15(19)16-17-9-11-20-16/h3-7,9,11,13H,8,10,12H2,1-2H3. The van der Waals surface area contributed by atoms with Gasteiger partial charge in [0.15, 0.2) is 10.8 Å². The highest BCUT2D eigenvalue weighted by molar-refractivity contribution is 7.11. The predicted molar refractivity (Wildman–Crippen MR) is 83.0 cm³/mol. The van der Waals surface area contributed by atoms with Crippen molar-refractivity contribution in [3.8, 4) is 0 Å². The van der Waals surface area contributed by atoms with E-state index in [1.807, 2.05) is 11.4 Å². The molecule has 0 N–H and O–H groups in total. The Labute approximate surface area is 124 Å². The minimum atomic E-state index is 0.138. The number of Topliss-reactive ketones (excluding diaryl/α,β-unsaturated/α-hetero) is 1. The molecule has 0 bridgehead atoms. The third-order valence-electron chi connectivity index (χ3n) is 3.26. The van der Waals surface area contributed by atoms with Gasteiger partial charge < -0.3 is 0 Å². The smallest absolute Gasteiger partial charge is 0.192 e. The zero-order valence-electron chi connectivity index (χ0n) is 12.0. The largest absolute Gasteiger partial charge is 0.296 e. The molecule has 0 spiro atoms. The first-order valence-corrected chi connectivity index (χ1v) is 7.75. The Kier molecular flexibility index (Phi) is 5.44. The van der Waals surface area contributed by atoms with Gasteiger partial charge in [-0.1, -0.05) is 30.3 Å². The number of hydrogen-bond acceptors (Lipinski definition) is 4. The van der Waals surface area contributed by atoms with Crippen LogP contribution in [0.4, 0.5) is 0 Å². The van der Waals surface area contributed by atoms with E-state index in [0.717, 1.165) is 13.1 Å². The van der Waals surface area contributed by atoms with Gasteiger partial charge in [0.25, 0.3) is 0 Å². The molecule has 20 heavy (non-hydrogen) atoms. The van der Waals surface area contributed by atoms with E-state index in [1.165, 1.54) is 16.9 Å². The second kappa shape index (κ2) is 7.31. The van der Waals surface area contributed by atoms with Gasteiger partial charge in [0.2, 0.25) is 0 Å². The van der Waals surface area contributed by atoms with Crippen LogP contribution in [0, 0.1) is 0 Å². The van der Waals surface area contributed by atoms with Gasteiger partial charge in [0.05, 0.1) is 0 Å². The maximum absolute atomic E-state index is 12.0. The number of carbonyl (C=O) groups is 1. The van der Waals surface area contributed by atoms with Gasteiger partial charge in [0, 0.05) is 37.1 Å². The van der Waals surface area contributed by atoms with Crippen LogP contribution in [0.3, 0.4) is 0 Å². The highest BCUT2D eigenvalue weighted by Gasteiger charge is 2.14. The van der Waals surface area contributed by atoms with Gasteiger partial charge in [-0.15, -0.1) is 11.3 Å². The number of rotatable bonds is 7. The molecular formula is C16H20N2OS. The van der Waals surface area contributed by atoms with E-state index in [1.54, 1.807) is 6.20 Å². The lowest BCUT2D eigenvalue weighted by molar-refractivity contribution is 0.0952. The molecule has 0 aliphatic carbocycles. The lowest BCUT2D eigenvalue weighted by Crippen LogP contribution is -2.32. The summed E-state index contributed by atoms with van der Waals surface area (Å²) in [5, 5.41) is 2.46. The molecule has 2 rings (SSSR count). The van der Waals surface area contributed by atoms with Crippen LogP contribution >= 0.6 is 11.3 Å². The summed E-state index contributed by atoms with van der Waals surface area (Å²) in [6.07, 6.45) is 2.21. The van der Waals surface area contributed by atoms with Crippen LogP contribution in [0.1, 0.15) is 35.6 Å². The molecule has 0 saturated carbocycles. The average molecular weight is 288 g/mol. The molecule has 0 saturated heterocycles. The van der Waals surface area contributed by atoms with Crippen molar-refractivity contribution >= 4 is 17.1 Å². The summed E-state index contributed by atoms with van der Waals surface area (Å²) in [5.74, 6) is 0.138. The lowest BCUT2D eigenvalue weighted by atomic mass is 10.1. The molecular weight excluding hydrogens is 268 g/mol. The number of ketones is 1. The topological polar surface area (TPSA) is 33.2 Å². The fraction of sp³-hybridized carbons (Fsp3) is 0.375. The Hall–Kier alpha value is -1.52. The molecule has 0 amide bonds. The lowest BCUT2D eigenvalue weighted by Gasteiger charge is -2.26. The summed E-state index contributed by atoms with van der Waals surface area (Å²) >= 11 is 1.42. The summed E-state index contributed by atoms with van der Waals surface area (Å²) in [6, 6.07) is 10.8. The van der Waals surface area contributed by atoms with Gasteiger partial charge in [-0.05, 0) is 19.4 Å². The van der Waals surface area contributed by atoms with Crippen LogP contribution in [-0.2, 0) is 6.54 Å². The molecule has 1 heterocycles. The van der Waals surface area contributed by atoms with E-state index in [-0.39, 0.29) is 5.78 Å². The summed E-state index contributed by atoms with van der Waals surface area (Å²) in [4.78, 5) is 18.4. The third kappa shape index (κ3) is 4.25. The van der Waals surface area contributed by atoms with Crippen LogP contribution in [0.2, 0.25) is 0 Å². The summed E-state index contributed by atoms with van der Waals surface area (Å²) in [7, 11) is 0. The quantitative estimate of drug-likeness (QED) is 0.729. The first-order valence-electron chi connectivity index (χ1n) is 6.87. The minimum Gasteiger partial charge on any atom is -0.296 e. The van der Waals surface area contributed by atoms with E-state index >= 15 is 0 Å². The molecule has 0 atom stereocenters. The molecule has 0 aliphatic heterocycles. The van der Waals surface area contributed by atoms with Crippen LogP contribution in [0.5, 0.6) is 0 Å². The Morgan fingerprint density at radius 3 is 2.65 bits per heavy atom. The van der Waals surface area contributed by atoms with E-state index in [2.05, 4.69) is 48.0 Å². The van der Waals surface area contributed by atoms with Gasteiger partial charge >= 0.3 is 0 Å². The molecule has 0 fully saturated rings. The van der Waals surface area contributed by atoms with Crippen molar-refractivity contribution < 1.29 is 4.79 Å². The van der Waals surface area contributed by atoms with E-state index in [9.17, 15) is 4.79 Å². The second-order valence-electron chi connectivity index (χ2n) is 5.06. The summed E-state index contributed by atoms with van der Waals surface area (Å²) in [5.41, 5.74) is 1.28. The molecule has 1 aromatic heterocycles. The first-order chi connectivity index (χ1) is 9.66. The molecule has 2 aromatic rings. The van der Waals surface area contributed by atoms with Crippen molar-refractivity contribution in [3.63, 3.8) is 0 Å². The highest BCUT2D eigenvalue weighted by atomic mass is 32.1. The second-order valence-corrected chi connectivity index (χ2v) is 5.95. The van der Waals surface area contributed by atoms with E-state index < -0.39 is 0 Å². The normalized spacial score (nSPS) is 11.2. The molecule has 0 aliphatic rings. The monoisotopic (exact) mass is 288 g/mol. The fourth-order valence-electron chi connectivity index (χ4n) is 2.05. The Balaban J connectivity index is 1.91. The van der Waals surface area contributed by atoms with Crippen LogP contribution in [0.15, 0.2) is 41.9 Å². The van der Waals surface area contributed by atoms with Crippen molar-refractivity contribution in [2.45, 2.75) is 32.9 Å². The first kappa shape index (κ1) is 14.9. The zero-order chi connectivity index (χ0) is 14.4. The fourth-order valence-corrected chi connectivity index (χ4v) is 2.66. The highest BCUT2D eigenvalue weighted by Crippen LogP contribution is 2.12. The summed E-state index contributed by atoms with van der Waals surface area (Å²) in [6.45, 7) is 5.97. The number of nitrogens with zero attached hydrogens (tertiary/aromatic N) is 2. The molecule has 0 unspecified atom stereocenters. The zero-order valence-corrected chi connectivity index (χ0v) is 12.8. The number of aromatic nitrogens is 1. The number of thiazole rings is 1. The number of carbonyl (C=O) groups excluding carboxylic acids is 1. The van der Waals surface area contributed by atoms with Gasteiger partial charge in [-0.25, -0.2) is 4.98 Å². The molecule has 3 nitrogen and oxygen atoms in total. The van der Waals surface area contributed by atoms with Gasteiger partial charge in [0.1, 0.15) is 0 Å². The van der Waals surface area contributed by atoms with E-state index in [0.29, 0.717) is 17.5 Å². The van der Waals surface area contributed by atoms with Crippen molar-refractivity contribution in [1.29, 1.82) is 0 Å². The molecule has 106 valence electrons. The van der Waals surface area contributed by atoms with Crippen molar-refractivity contribution in [1.82, 2.24) is 9.88 Å². The molecule has 0 radical (unpaired) electrons. The van der Waals surface area contributed by atoms with Crippen LogP contribution in [-0.4, -0.2) is 28.3 Å². The SMILES string of the molecule is CC(C)N(CCC(=O)c1nccs1)Cc1ccccc1. The van der Waals surface area contributed by atoms with Gasteiger partial charge in [-0.2, -0.15) is 0 Å². The van der Waals surface area contributed by atoms with Crippen molar-refractivity contribution in [3.05, 3.63) is 52.5 Å². The van der Waals surface area contributed by atoms with Gasteiger partial charge in [-0.3, -0.25) is 9.69 Å².